The van der Waals surface area contributed by atoms with Crippen LogP contribution in [0.15, 0.2) is 60.7 Å². The molecule has 1 unspecified atom stereocenters. The molecule has 30 heavy (non-hydrogen) atoms. The second kappa shape index (κ2) is 11.1. The zero-order valence-corrected chi connectivity index (χ0v) is 17.3. The van der Waals surface area contributed by atoms with Crippen molar-refractivity contribution in [1.82, 2.24) is 0 Å². The van der Waals surface area contributed by atoms with Crippen molar-refractivity contribution in [3.8, 4) is 0 Å². The summed E-state index contributed by atoms with van der Waals surface area (Å²) in [6.45, 7) is 5.85. The number of carboxylic acid groups (broad SMARTS) is 2. The van der Waals surface area contributed by atoms with Crippen molar-refractivity contribution in [2.75, 3.05) is 4.90 Å². The van der Waals surface area contributed by atoms with Gasteiger partial charge in [-0.1, -0.05) is 56.4 Å². The summed E-state index contributed by atoms with van der Waals surface area (Å²) in [6, 6.07) is 7.97. The molecule has 160 valence electrons. The Kier molecular flexibility index (Phi) is 8.59. The first kappa shape index (κ1) is 23.1. The standard InChI is InChI=1S/C24H29NO5/c1-3-9-18(10-7-5-6-8-11-20(23(27)28)24(29)30)21-16-22(26)25(21)19-14-12-17(4-2)13-15-19/h3,7,9-10,12-15,20-21H,1,4-6,8,11,16H2,2H3,(H,27,28)(H,29,30)/b10-7-,18-9+. The quantitative estimate of drug-likeness (QED) is 0.230. The summed E-state index contributed by atoms with van der Waals surface area (Å²) in [5.41, 5.74) is 3.08. The molecule has 0 bridgehead atoms. The third-order valence-electron chi connectivity index (χ3n) is 5.29. The maximum atomic E-state index is 12.2. The highest BCUT2D eigenvalue weighted by Gasteiger charge is 2.38. The Bertz CT molecular complexity index is 824. The largest absolute Gasteiger partial charge is 0.481 e. The van der Waals surface area contributed by atoms with Crippen LogP contribution in [0, 0.1) is 5.92 Å². The summed E-state index contributed by atoms with van der Waals surface area (Å²) in [6.07, 6.45) is 11.0. The summed E-state index contributed by atoms with van der Waals surface area (Å²) in [5, 5.41) is 17.8. The SMILES string of the molecule is C=C/C=C(\C=C/CCCCC(C(=O)O)C(=O)O)C1CC(=O)N1c1ccc(CC)cc1. The minimum atomic E-state index is -1.35. The van der Waals surface area contributed by atoms with Crippen LogP contribution in [0.25, 0.3) is 0 Å². The van der Waals surface area contributed by atoms with Crippen LogP contribution >= 0.6 is 0 Å². The Balaban J connectivity index is 1.94. The van der Waals surface area contributed by atoms with Gasteiger partial charge in [0.05, 0.1) is 12.5 Å². The summed E-state index contributed by atoms with van der Waals surface area (Å²) >= 11 is 0. The highest BCUT2D eigenvalue weighted by molar-refractivity contribution is 6.02. The van der Waals surface area contributed by atoms with Crippen LogP contribution < -0.4 is 4.90 Å². The van der Waals surface area contributed by atoms with Crippen molar-refractivity contribution in [1.29, 1.82) is 0 Å². The number of amides is 1. The molecule has 1 aliphatic heterocycles. The van der Waals surface area contributed by atoms with E-state index in [9.17, 15) is 14.4 Å². The van der Waals surface area contributed by atoms with Crippen molar-refractivity contribution < 1.29 is 24.6 Å². The van der Waals surface area contributed by atoms with Gasteiger partial charge in [0.25, 0.3) is 0 Å². The Morgan fingerprint density at radius 2 is 1.87 bits per heavy atom. The molecule has 6 nitrogen and oxygen atoms in total. The molecule has 6 heteroatoms. The fourth-order valence-corrected chi connectivity index (χ4v) is 3.50. The van der Waals surface area contributed by atoms with Crippen molar-refractivity contribution in [2.24, 2.45) is 5.92 Å². The van der Waals surface area contributed by atoms with Crippen LogP contribution in [0.1, 0.15) is 44.6 Å². The first-order valence-corrected chi connectivity index (χ1v) is 10.2. The zero-order valence-electron chi connectivity index (χ0n) is 17.3. The predicted octanol–water partition coefficient (Wildman–Crippen LogP) is 4.37. The maximum Gasteiger partial charge on any atom is 0.317 e. The first-order valence-electron chi connectivity index (χ1n) is 10.2. The van der Waals surface area contributed by atoms with Crippen LogP contribution in [0.4, 0.5) is 5.69 Å². The van der Waals surface area contributed by atoms with Crippen LogP contribution in [0.3, 0.4) is 0 Å². The molecule has 2 N–H and O–H groups in total. The highest BCUT2D eigenvalue weighted by Crippen LogP contribution is 2.33. The van der Waals surface area contributed by atoms with Crippen LogP contribution in [0.5, 0.6) is 0 Å². The number of anilines is 1. The molecule has 0 spiro atoms. The number of hydrogen-bond donors (Lipinski definition) is 2. The first-order chi connectivity index (χ1) is 14.4. The van der Waals surface area contributed by atoms with E-state index < -0.39 is 17.9 Å². The van der Waals surface area contributed by atoms with Gasteiger partial charge in [-0.2, -0.15) is 0 Å². The number of rotatable bonds is 12. The van der Waals surface area contributed by atoms with Gasteiger partial charge in [-0.3, -0.25) is 14.4 Å². The molecule has 1 aromatic carbocycles. The molecule has 0 saturated carbocycles. The van der Waals surface area contributed by atoms with E-state index in [1.807, 2.05) is 42.5 Å². The highest BCUT2D eigenvalue weighted by atomic mass is 16.4. The van der Waals surface area contributed by atoms with Gasteiger partial charge in [-0.05, 0) is 49.0 Å². The smallest absolute Gasteiger partial charge is 0.317 e. The van der Waals surface area contributed by atoms with E-state index in [-0.39, 0.29) is 18.4 Å². The number of hydrogen-bond acceptors (Lipinski definition) is 3. The molecule has 1 saturated heterocycles. The lowest BCUT2D eigenvalue weighted by Crippen LogP contribution is -2.53. The summed E-state index contributed by atoms with van der Waals surface area (Å²) in [7, 11) is 0. The number of β-lactam (4-membered cyclic amide) rings is 1. The summed E-state index contributed by atoms with van der Waals surface area (Å²) < 4.78 is 0. The van der Waals surface area contributed by atoms with E-state index in [1.165, 1.54) is 5.56 Å². The van der Waals surface area contributed by atoms with Gasteiger partial charge in [0.1, 0.15) is 0 Å². The second-order valence-corrected chi connectivity index (χ2v) is 7.32. The number of benzene rings is 1. The Morgan fingerprint density at radius 1 is 1.20 bits per heavy atom. The predicted molar refractivity (Wildman–Crippen MR) is 116 cm³/mol. The Labute approximate surface area is 177 Å². The molecule has 2 rings (SSSR count). The van der Waals surface area contributed by atoms with Gasteiger partial charge < -0.3 is 15.1 Å². The lowest BCUT2D eigenvalue weighted by molar-refractivity contribution is -0.154. The zero-order chi connectivity index (χ0) is 22.1. The minimum absolute atomic E-state index is 0.0392. The fraction of sp³-hybridized carbons (Fsp3) is 0.375. The molecule has 0 aliphatic carbocycles. The number of carbonyl (C=O) groups is 3. The van der Waals surface area contributed by atoms with Gasteiger partial charge >= 0.3 is 11.9 Å². The Morgan fingerprint density at radius 3 is 2.40 bits per heavy atom. The normalized spacial score (nSPS) is 16.7. The average molecular weight is 411 g/mol. The minimum Gasteiger partial charge on any atom is -0.481 e. The van der Waals surface area contributed by atoms with E-state index in [2.05, 4.69) is 13.5 Å². The number of carboxylic acids is 2. The monoisotopic (exact) mass is 411 g/mol. The van der Waals surface area contributed by atoms with Gasteiger partial charge in [0, 0.05) is 5.69 Å². The summed E-state index contributed by atoms with van der Waals surface area (Å²) in [4.78, 5) is 35.8. The van der Waals surface area contributed by atoms with E-state index >= 15 is 0 Å². The van der Waals surface area contributed by atoms with Crippen LogP contribution in [-0.4, -0.2) is 34.1 Å². The third kappa shape index (κ3) is 5.92. The molecule has 1 heterocycles. The van der Waals surface area contributed by atoms with Crippen LogP contribution in [0.2, 0.25) is 0 Å². The molecule has 1 atom stereocenters. The Hall–Kier alpha value is -3.15. The lowest BCUT2D eigenvalue weighted by atomic mass is 9.91. The van der Waals surface area contributed by atoms with Gasteiger partial charge in [0.15, 0.2) is 5.92 Å². The van der Waals surface area contributed by atoms with Gasteiger partial charge in [0.2, 0.25) is 5.91 Å². The number of aryl methyl sites for hydroxylation is 1. The van der Waals surface area contributed by atoms with E-state index in [0.717, 1.165) is 17.7 Å². The number of nitrogens with zero attached hydrogens (tertiary/aromatic N) is 1. The van der Waals surface area contributed by atoms with Crippen LogP contribution in [-0.2, 0) is 20.8 Å². The van der Waals surface area contributed by atoms with E-state index in [1.54, 1.807) is 11.0 Å². The molecule has 1 fully saturated rings. The van der Waals surface area contributed by atoms with E-state index in [4.69, 9.17) is 10.2 Å². The van der Waals surface area contributed by atoms with Crippen molar-refractivity contribution in [3.05, 3.63) is 66.3 Å². The number of unbranched alkanes of at least 4 members (excludes halogenated alkanes) is 2. The maximum absolute atomic E-state index is 12.2. The number of aliphatic carboxylic acids is 2. The van der Waals surface area contributed by atoms with E-state index in [0.29, 0.717) is 25.7 Å². The molecule has 0 aromatic heterocycles. The second-order valence-electron chi connectivity index (χ2n) is 7.32. The van der Waals surface area contributed by atoms with Crippen molar-refractivity contribution in [3.63, 3.8) is 0 Å². The number of allylic oxidation sites excluding steroid dienone is 3. The fourth-order valence-electron chi connectivity index (χ4n) is 3.50. The molecular formula is C24H29NO5. The average Bonchev–Trinajstić information content (AvgIpc) is 2.70. The lowest BCUT2D eigenvalue weighted by Gasteiger charge is -2.41. The molecule has 1 amide bonds. The number of carbonyl (C=O) groups excluding carboxylic acids is 1. The summed E-state index contributed by atoms with van der Waals surface area (Å²) in [5.74, 6) is -3.85. The topological polar surface area (TPSA) is 94.9 Å². The van der Waals surface area contributed by atoms with Gasteiger partial charge in [-0.25, -0.2) is 0 Å². The molecular weight excluding hydrogens is 382 g/mol. The van der Waals surface area contributed by atoms with Crippen molar-refractivity contribution in [2.45, 2.75) is 51.5 Å². The third-order valence-corrected chi connectivity index (χ3v) is 5.29. The molecule has 1 aromatic rings. The molecule has 1 aliphatic rings. The molecule has 0 radical (unpaired) electrons. The van der Waals surface area contributed by atoms with Crippen molar-refractivity contribution >= 4 is 23.5 Å². The van der Waals surface area contributed by atoms with Gasteiger partial charge in [-0.15, -0.1) is 0 Å².